The molecule has 3 rings (SSSR count). The van der Waals surface area contributed by atoms with Crippen molar-refractivity contribution in [3.05, 3.63) is 76.8 Å². The van der Waals surface area contributed by atoms with Gasteiger partial charge in [-0.25, -0.2) is 9.78 Å². The Balaban J connectivity index is 0.000000149. The summed E-state index contributed by atoms with van der Waals surface area (Å²) in [6, 6.07) is 17.8. The number of aryl methyl sites for hydroxylation is 1. The lowest BCUT2D eigenvalue weighted by Crippen LogP contribution is -2.07. The second-order valence-corrected chi connectivity index (χ2v) is 3.93. The van der Waals surface area contributed by atoms with Crippen molar-refractivity contribution >= 4 is 10.9 Å². The number of benzene rings is 2. The number of rotatable bonds is 0. The monoisotopic (exact) mass is 238 g/mol. The number of hydrogen-bond donors (Lipinski definition) is 1. The van der Waals surface area contributed by atoms with Crippen LogP contribution in [0.25, 0.3) is 10.9 Å². The van der Waals surface area contributed by atoms with Crippen molar-refractivity contribution in [1.29, 1.82) is 0 Å². The lowest BCUT2D eigenvalue weighted by atomic mass is 10.2. The molecule has 0 amide bonds. The van der Waals surface area contributed by atoms with E-state index < -0.39 is 0 Å². The van der Waals surface area contributed by atoms with Gasteiger partial charge >= 0.3 is 5.69 Å². The first-order valence-corrected chi connectivity index (χ1v) is 5.71. The Morgan fingerprint density at radius 1 is 0.944 bits per heavy atom. The van der Waals surface area contributed by atoms with Gasteiger partial charge < -0.3 is 4.98 Å². The lowest BCUT2D eigenvalue weighted by Gasteiger charge is -1.92. The molecule has 0 saturated carbocycles. The van der Waals surface area contributed by atoms with E-state index in [9.17, 15) is 4.79 Å². The molecule has 0 atom stereocenters. The summed E-state index contributed by atoms with van der Waals surface area (Å²) in [5, 5.41) is 0.951. The lowest BCUT2D eigenvalue weighted by molar-refractivity contribution is 1.12. The van der Waals surface area contributed by atoms with Crippen LogP contribution >= 0.6 is 0 Å². The molecule has 0 unspecified atom stereocenters. The molecule has 0 spiro atoms. The maximum Gasteiger partial charge on any atom is 0.345 e. The van der Waals surface area contributed by atoms with E-state index in [0.29, 0.717) is 0 Å². The van der Waals surface area contributed by atoms with Crippen LogP contribution in [0, 0.1) is 6.92 Å². The minimum Gasteiger partial charge on any atom is -0.305 e. The number of hydrogen-bond acceptors (Lipinski definition) is 2. The molecule has 1 heterocycles. The van der Waals surface area contributed by atoms with E-state index in [4.69, 9.17) is 0 Å². The first-order valence-electron chi connectivity index (χ1n) is 5.71. The molecule has 2 aromatic carbocycles. The Labute approximate surface area is 105 Å². The van der Waals surface area contributed by atoms with Crippen molar-refractivity contribution < 1.29 is 0 Å². The van der Waals surface area contributed by atoms with Gasteiger partial charge in [-0.05, 0) is 13.0 Å². The average Bonchev–Trinajstić information content (AvgIpc) is 2.40. The summed E-state index contributed by atoms with van der Waals surface area (Å²) in [6.45, 7) is 2.08. The number of aromatic nitrogens is 2. The summed E-state index contributed by atoms with van der Waals surface area (Å²) in [5.74, 6) is 0. The summed E-state index contributed by atoms with van der Waals surface area (Å²) in [5.41, 5.74) is 1.85. The molecule has 1 aromatic heterocycles. The minimum absolute atomic E-state index is 0.302. The van der Waals surface area contributed by atoms with Crippen molar-refractivity contribution in [2.45, 2.75) is 6.92 Å². The molecule has 0 radical (unpaired) electrons. The number of nitrogens with one attached hydrogen (secondary N) is 1. The molecular weight excluding hydrogens is 224 g/mol. The van der Waals surface area contributed by atoms with Crippen LogP contribution in [0.5, 0.6) is 0 Å². The maximum atomic E-state index is 10.7. The van der Waals surface area contributed by atoms with Crippen LogP contribution in [0.1, 0.15) is 5.56 Å². The van der Waals surface area contributed by atoms with Crippen LogP contribution < -0.4 is 5.69 Å². The van der Waals surface area contributed by atoms with E-state index in [1.807, 2.05) is 42.5 Å². The van der Waals surface area contributed by atoms with E-state index in [1.165, 1.54) is 5.56 Å². The fourth-order valence-electron chi connectivity index (χ4n) is 1.53. The van der Waals surface area contributed by atoms with Crippen LogP contribution in [0.3, 0.4) is 0 Å². The van der Waals surface area contributed by atoms with Gasteiger partial charge in [0.05, 0.1) is 5.52 Å². The van der Waals surface area contributed by atoms with Crippen molar-refractivity contribution in [3.63, 3.8) is 0 Å². The molecule has 0 saturated heterocycles. The van der Waals surface area contributed by atoms with Gasteiger partial charge in [-0.3, -0.25) is 0 Å². The molecule has 90 valence electrons. The van der Waals surface area contributed by atoms with E-state index in [-0.39, 0.29) is 5.69 Å². The Kier molecular flexibility index (Phi) is 3.86. The summed E-state index contributed by atoms with van der Waals surface area (Å²) in [6.07, 6.45) is 1.56. The second-order valence-electron chi connectivity index (χ2n) is 3.93. The molecule has 0 aliphatic rings. The van der Waals surface area contributed by atoms with Gasteiger partial charge in [-0.15, -0.1) is 0 Å². The third-order valence-corrected chi connectivity index (χ3v) is 2.46. The van der Waals surface area contributed by atoms with Gasteiger partial charge in [-0.2, -0.15) is 0 Å². The van der Waals surface area contributed by atoms with Crippen LogP contribution in [0.15, 0.2) is 65.6 Å². The van der Waals surface area contributed by atoms with E-state index in [2.05, 4.69) is 29.0 Å². The SMILES string of the molecule is Cc1ccccc1.O=c1ncc2ccccc2[nH]1. The number of nitrogens with zero attached hydrogens (tertiary/aromatic N) is 1. The first-order chi connectivity index (χ1) is 8.75. The van der Waals surface area contributed by atoms with E-state index in [1.54, 1.807) is 6.20 Å². The Morgan fingerprint density at radius 2 is 1.61 bits per heavy atom. The molecule has 18 heavy (non-hydrogen) atoms. The van der Waals surface area contributed by atoms with Gasteiger partial charge in [0.15, 0.2) is 0 Å². The molecule has 0 bridgehead atoms. The zero-order valence-corrected chi connectivity index (χ0v) is 10.1. The normalized spacial score (nSPS) is 9.61. The van der Waals surface area contributed by atoms with Gasteiger partial charge in [0, 0.05) is 11.6 Å². The Hall–Kier alpha value is -2.42. The molecule has 3 nitrogen and oxygen atoms in total. The van der Waals surface area contributed by atoms with Gasteiger partial charge in [0.2, 0.25) is 0 Å². The van der Waals surface area contributed by atoms with E-state index in [0.717, 1.165) is 10.9 Å². The van der Waals surface area contributed by atoms with Crippen molar-refractivity contribution in [2.24, 2.45) is 0 Å². The molecule has 0 aliphatic heterocycles. The fourth-order valence-corrected chi connectivity index (χ4v) is 1.53. The highest BCUT2D eigenvalue weighted by Crippen LogP contribution is 2.05. The van der Waals surface area contributed by atoms with Gasteiger partial charge in [-0.1, -0.05) is 54.1 Å². The molecule has 3 aromatic rings. The molecular formula is C15H14N2O. The summed E-state index contributed by atoms with van der Waals surface area (Å²) < 4.78 is 0. The van der Waals surface area contributed by atoms with Gasteiger partial charge in [0.25, 0.3) is 0 Å². The highest BCUT2D eigenvalue weighted by atomic mass is 16.1. The average molecular weight is 238 g/mol. The maximum absolute atomic E-state index is 10.7. The third kappa shape index (κ3) is 3.28. The Bertz CT molecular complexity index is 674. The number of para-hydroxylation sites is 1. The summed E-state index contributed by atoms with van der Waals surface area (Å²) >= 11 is 0. The standard InChI is InChI=1S/C8H6N2O.C7H8/c11-8-9-5-6-3-1-2-4-7(6)10-8;1-7-5-3-2-4-6-7/h1-5H,(H,9,10,11);2-6H,1H3. The second kappa shape index (κ2) is 5.77. The molecule has 0 fully saturated rings. The van der Waals surface area contributed by atoms with Gasteiger partial charge in [0.1, 0.15) is 0 Å². The largest absolute Gasteiger partial charge is 0.345 e. The molecule has 1 N–H and O–H groups in total. The van der Waals surface area contributed by atoms with Crippen LogP contribution in [0.2, 0.25) is 0 Å². The minimum atomic E-state index is -0.302. The topological polar surface area (TPSA) is 45.8 Å². The highest BCUT2D eigenvalue weighted by Gasteiger charge is 1.90. The third-order valence-electron chi connectivity index (χ3n) is 2.46. The number of H-pyrrole nitrogens is 1. The molecule has 0 aliphatic carbocycles. The first kappa shape index (κ1) is 12.0. The predicted octanol–water partition coefficient (Wildman–Crippen LogP) is 2.92. The zero-order chi connectivity index (χ0) is 12.8. The summed E-state index contributed by atoms with van der Waals surface area (Å²) in [4.78, 5) is 16.9. The van der Waals surface area contributed by atoms with Crippen molar-refractivity contribution in [3.8, 4) is 0 Å². The predicted molar refractivity (Wildman–Crippen MR) is 73.5 cm³/mol. The van der Waals surface area contributed by atoms with Crippen molar-refractivity contribution in [2.75, 3.05) is 0 Å². The van der Waals surface area contributed by atoms with Crippen molar-refractivity contribution in [1.82, 2.24) is 9.97 Å². The highest BCUT2D eigenvalue weighted by molar-refractivity contribution is 5.76. The summed E-state index contributed by atoms with van der Waals surface area (Å²) in [7, 11) is 0. The van der Waals surface area contributed by atoms with E-state index >= 15 is 0 Å². The number of fused-ring (bicyclic) bond motifs is 1. The quantitative estimate of drug-likeness (QED) is 0.654. The Morgan fingerprint density at radius 3 is 2.28 bits per heavy atom. The zero-order valence-electron chi connectivity index (χ0n) is 10.1. The molecule has 3 heteroatoms. The van der Waals surface area contributed by atoms with Crippen LogP contribution in [-0.2, 0) is 0 Å². The smallest absolute Gasteiger partial charge is 0.305 e. The van der Waals surface area contributed by atoms with Crippen LogP contribution in [-0.4, -0.2) is 9.97 Å². The van der Waals surface area contributed by atoms with Crippen LogP contribution in [0.4, 0.5) is 0 Å². The fraction of sp³-hybridized carbons (Fsp3) is 0.0667. The number of aromatic amines is 1.